The van der Waals surface area contributed by atoms with Crippen LogP contribution in [0.5, 0.6) is 0 Å². The molecule has 0 aliphatic carbocycles. The van der Waals surface area contributed by atoms with Gasteiger partial charge in [0.05, 0.1) is 6.20 Å². The van der Waals surface area contributed by atoms with Gasteiger partial charge in [0.25, 0.3) is 0 Å². The molecular formula is C13H23N3. The second-order valence-electron chi connectivity index (χ2n) is 4.38. The maximum absolute atomic E-state index is 4.25. The summed E-state index contributed by atoms with van der Waals surface area (Å²) in [6.07, 6.45) is 7.07. The number of aryl methyl sites for hydroxylation is 1. The van der Waals surface area contributed by atoms with Crippen LogP contribution in [0.15, 0.2) is 25.0 Å². The molecule has 1 rings (SSSR count). The number of nitrogens with zero attached hydrogens (tertiary/aromatic N) is 2. The fourth-order valence-corrected chi connectivity index (χ4v) is 1.62. The summed E-state index contributed by atoms with van der Waals surface area (Å²) in [5.74, 6) is 0.624. The first-order valence-corrected chi connectivity index (χ1v) is 6.03. The molecule has 16 heavy (non-hydrogen) atoms. The topological polar surface area (TPSA) is 29.9 Å². The highest BCUT2D eigenvalue weighted by Gasteiger charge is 2.10. The predicted molar refractivity (Wildman–Crippen MR) is 68.2 cm³/mol. The van der Waals surface area contributed by atoms with Crippen LogP contribution >= 0.6 is 0 Å². The first-order valence-electron chi connectivity index (χ1n) is 6.03. The number of hydrogen-bond donors (Lipinski definition) is 1. The molecule has 1 N–H and O–H groups in total. The van der Waals surface area contributed by atoms with Gasteiger partial charge in [-0.05, 0) is 26.2 Å². The highest BCUT2D eigenvalue weighted by Crippen LogP contribution is 2.09. The molecule has 0 fully saturated rings. The van der Waals surface area contributed by atoms with Crippen molar-refractivity contribution < 1.29 is 0 Å². The van der Waals surface area contributed by atoms with E-state index in [2.05, 4.69) is 44.0 Å². The molecule has 0 radical (unpaired) electrons. The van der Waals surface area contributed by atoms with Gasteiger partial charge in [-0.15, -0.1) is 6.58 Å². The van der Waals surface area contributed by atoms with E-state index in [9.17, 15) is 0 Å². The van der Waals surface area contributed by atoms with Crippen LogP contribution in [0.2, 0.25) is 0 Å². The molecule has 2 unspecified atom stereocenters. The molecular weight excluding hydrogens is 198 g/mol. The Kier molecular flexibility index (Phi) is 5.26. The molecule has 0 saturated carbocycles. The molecule has 90 valence electrons. The molecule has 3 nitrogen and oxygen atoms in total. The van der Waals surface area contributed by atoms with Crippen molar-refractivity contribution in [2.24, 2.45) is 5.92 Å². The minimum Gasteiger partial charge on any atom is -0.310 e. The van der Waals surface area contributed by atoms with Crippen LogP contribution in [-0.2, 0) is 13.1 Å². The Morgan fingerprint density at radius 1 is 1.56 bits per heavy atom. The lowest BCUT2D eigenvalue weighted by Gasteiger charge is -2.19. The van der Waals surface area contributed by atoms with Crippen molar-refractivity contribution in [1.29, 1.82) is 0 Å². The van der Waals surface area contributed by atoms with E-state index in [0.717, 1.165) is 19.5 Å². The Morgan fingerprint density at radius 2 is 2.31 bits per heavy atom. The average Bonchev–Trinajstić information content (AvgIpc) is 2.74. The van der Waals surface area contributed by atoms with Crippen LogP contribution in [0.1, 0.15) is 32.8 Å². The first-order chi connectivity index (χ1) is 7.67. The number of hydrogen-bond acceptors (Lipinski definition) is 2. The van der Waals surface area contributed by atoms with E-state index in [0.29, 0.717) is 12.0 Å². The van der Waals surface area contributed by atoms with E-state index in [-0.39, 0.29) is 0 Å². The van der Waals surface area contributed by atoms with Gasteiger partial charge in [0.2, 0.25) is 0 Å². The molecule has 0 spiro atoms. The molecule has 0 amide bonds. The minimum absolute atomic E-state index is 0.503. The van der Waals surface area contributed by atoms with Gasteiger partial charge in [-0.3, -0.25) is 4.68 Å². The van der Waals surface area contributed by atoms with E-state index < -0.39 is 0 Å². The van der Waals surface area contributed by atoms with Gasteiger partial charge in [0.15, 0.2) is 0 Å². The molecule has 0 saturated heterocycles. The molecule has 1 aromatic heterocycles. The lowest BCUT2D eigenvalue weighted by molar-refractivity contribution is 0.402. The minimum atomic E-state index is 0.503. The fourth-order valence-electron chi connectivity index (χ4n) is 1.62. The smallest absolute Gasteiger partial charge is 0.0534 e. The van der Waals surface area contributed by atoms with Gasteiger partial charge in [0, 0.05) is 30.9 Å². The standard InChI is InChI=1S/C13H23N3/c1-5-7-11(3)12(4)14-8-13-9-15-16(6-2)10-13/h5,9-12,14H,1,6-8H2,2-4H3. The summed E-state index contributed by atoms with van der Waals surface area (Å²) >= 11 is 0. The lowest BCUT2D eigenvalue weighted by Crippen LogP contribution is -2.31. The second-order valence-corrected chi connectivity index (χ2v) is 4.38. The van der Waals surface area contributed by atoms with Crippen molar-refractivity contribution in [2.75, 3.05) is 0 Å². The summed E-state index contributed by atoms with van der Waals surface area (Å²) < 4.78 is 1.95. The molecule has 0 aliphatic heterocycles. The van der Waals surface area contributed by atoms with Crippen LogP contribution in [0.3, 0.4) is 0 Å². The Hall–Kier alpha value is -1.09. The van der Waals surface area contributed by atoms with Gasteiger partial charge in [-0.2, -0.15) is 5.10 Å². The summed E-state index contributed by atoms with van der Waals surface area (Å²) in [4.78, 5) is 0. The van der Waals surface area contributed by atoms with Gasteiger partial charge >= 0.3 is 0 Å². The van der Waals surface area contributed by atoms with Crippen molar-refractivity contribution in [3.63, 3.8) is 0 Å². The normalized spacial score (nSPS) is 14.7. The molecule has 0 aromatic carbocycles. The molecule has 0 bridgehead atoms. The Morgan fingerprint density at radius 3 is 2.88 bits per heavy atom. The quantitative estimate of drug-likeness (QED) is 0.717. The van der Waals surface area contributed by atoms with Gasteiger partial charge in [-0.1, -0.05) is 13.0 Å². The van der Waals surface area contributed by atoms with Crippen LogP contribution in [0, 0.1) is 5.92 Å². The highest BCUT2D eigenvalue weighted by atomic mass is 15.3. The monoisotopic (exact) mass is 221 g/mol. The lowest BCUT2D eigenvalue weighted by atomic mass is 10.00. The molecule has 2 atom stereocenters. The predicted octanol–water partition coefficient (Wildman–Crippen LogP) is 2.59. The molecule has 1 aromatic rings. The van der Waals surface area contributed by atoms with Crippen LogP contribution in [0.25, 0.3) is 0 Å². The zero-order valence-electron chi connectivity index (χ0n) is 10.6. The summed E-state index contributed by atoms with van der Waals surface area (Å²) in [6.45, 7) is 12.2. The van der Waals surface area contributed by atoms with E-state index in [4.69, 9.17) is 0 Å². The molecule has 1 heterocycles. The molecule has 0 aliphatic rings. The number of rotatable bonds is 7. The van der Waals surface area contributed by atoms with E-state index in [1.165, 1.54) is 5.56 Å². The first kappa shape index (κ1) is 13.0. The summed E-state index contributed by atoms with van der Waals surface area (Å²) in [5.41, 5.74) is 1.25. The third-order valence-electron chi connectivity index (χ3n) is 3.03. The zero-order valence-corrected chi connectivity index (χ0v) is 10.6. The number of allylic oxidation sites excluding steroid dienone is 1. The summed E-state index contributed by atoms with van der Waals surface area (Å²) in [7, 11) is 0. The maximum Gasteiger partial charge on any atom is 0.0534 e. The van der Waals surface area contributed by atoms with Gasteiger partial charge in [0.1, 0.15) is 0 Å². The number of aromatic nitrogens is 2. The summed E-state index contributed by atoms with van der Waals surface area (Å²) in [6, 6.07) is 0.503. The highest BCUT2D eigenvalue weighted by molar-refractivity contribution is 5.03. The van der Waals surface area contributed by atoms with Gasteiger partial charge in [-0.25, -0.2) is 0 Å². The SMILES string of the molecule is C=CCC(C)C(C)NCc1cnn(CC)c1. The Balaban J connectivity index is 2.35. The number of nitrogens with one attached hydrogen (secondary N) is 1. The molecule has 3 heteroatoms. The largest absolute Gasteiger partial charge is 0.310 e. The van der Waals surface area contributed by atoms with Crippen molar-refractivity contribution in [2.45, 2.75) is 46.3 Å². The van der Waals surface area contributed by atoms with Crippen LogP contribution in [-0.4, -0.2) is 15.8 Å². The van der Waals surface area contributed by atoms with E-state index in [1.54, 1.807) is 0 Å². The Bertz CT molecular complexity index is 317. The van der Waals surface area contributed by atoms with Gasteiger partial charge < -0.3 is 5.32 Å². The van der Waals surface area contributed by atoms with E-state index >= 15 is 0 Å². The van der Waals surface area contributed by atoms with Crippen LogP contribution < -0.4 is 5.32 Å². The van der Waals surface area contributed by atoms with Crippen molar-refractivity contribution >= 4 is 0 Å². The van der Waals surface area contributed by atoms with Crippen molar-refractivity contribution in [3.8, 4) is 0 Å². The third-order valence-corrected chi connectivity index (χ3v) is 3.03. The fraction of sp³-hybridized carbons (Fsp3) is 0.615. The zero-order chi connectivity index (χ0) is 12.0. The van der Waals surface area contributed by atoms with Crippen LogP contribution in [0.4, 0.5) is 0 Å². The van der Waals surface area contributed by atoms with Crippen molar-refractivity contribution in [3.05, 3.63) is 30.6 Å². The Labute approximate surface area is 98.5 Å². The van der Waals surface area contributed by atoms with Crippen molar-refractivity contribution in [1.82, 2.24) is 15.1 Å². The summed E-state index contributed by atoms with van der Waals surface area (Å²) in [5, 5.41) is 7.77. The maximum atomic E-state index is 4.25. The third kappa shape index (κ3) is 3.81. The average molecular weight is 221 g/mol. The second kappa shape index (κ2) is 6.48. The van der Waals surface area contributed by atoms with E-state index in [1.807, 2.05) is 17.0 Å².